The summed E-state index contributed by atoms with van der Waals surface area (Å²) < 4.78 is 0. The van der Waals surface area contributed by atoms with Crippen molar-refractivity contribution in [2.75, 3.05) is 7.05 Å². The molecular formula is C26H33NO2. The Balaban J connectivity index is 1.80. The molecule has 0 heterocycles. The van der Waals surface area contributed by atoms with E-state index in [-0.39, 0.29) is 0 Å². The minimum atomic E-state index is -0.713. The fourth-order valence-corrected chi connectivity index (χ4v) is 5.64. The minimum absolute atomic E-state index is 0.713. The molecule has 4 rings (SSSR count). The third-order valence-corrected chi connectivity index (χ3v) is 7.27. The first kappa shape index (κ1) is 20.3. The van der Waals surface area contributed by atoms with Crippen molar-refractivity contribution in [3.05, 3.63) is 69.8 Å². The van der Waals surface area contributed by atoms with Crippen LogP contribution in [0.15, 0.2) is 41.4 Å². The summed E-state index contributed by atoms with van der Waals surface area (Å²) in [4.78, 5) is 4.68. The van der Waals surface area contributed by atoms with Crippen LogP contribution in [0, 0.1) is 13.8 Å². The van der Waals surface area contributed by atoms with Crippen molar-refractivity contribution in [2.45, 2.75) is 76.4 Å². The Kier molecular flexibility index (Phi) is 5.39. The van der Waals surface area contributed by atoms with Gasteiger partial charge in [0.25, 0.3) is 0 Å². The average molecular weight is 392 g/mol. The van der Waals surface area contributed by atoms with E-state index in [4.69, 9.17) is 0 Å². The summed E-state index contributed by atoms with van der Waals surface area (Å²) in [5.41, 5.74) is 5.96. The number of rotatable bonds is 4. The van der Waals surface area contributed by atoms with E-state index in [1.165, 1.54) is 0 Å². The molecule has 0 atom stereocenters. The first-order valence-corrected chi connectivity index (χ1v) is 11.0. The molecule has 0 aromatic heterocycles. The normalized spacial score (nSPS) is 20.0. The van der Waals surface area contributed by atoms with Gasteiger partial charge in [0.2, 0.25) is 0 Å². The van der Waals surface area contributed by atoms with Crippen LogP contribution in [-0.2, 0) is 11.2 Å². The highest BCUT2D eigenvalue weighted by Crippen LogP contribution is 2.42. The van der Waals surface area contributed by atoms with Gasteiger partial charge >= 0.3 is 0 Å². The monoisotopic (exact) mass is 391 g/mol. The number of nitrogens with zero attached hydrogens (tertiary/aromatic N) is 1. The minimum Gasteiger partial charge on any atom is -0.385 e. The van der Waals surface area contributed by atoms with Crippen LogP contribution in [0.2, 0.25) is 0 Å². The predicted octanol–water partition coefficient (Wildman–Crippen LogP) is 5.29. The van der Waals surface area contributed by atoms with Crippen molar-refractivity contribution < 1.29 is 10.2 Å². The van der Waals surface area contributed by atoms with Crippen molar-refractivity contribution in [3.63, 3.8) is 0 Å². The van der Waals surface area contributed by atoms with E-state index in [0.717, 1.165) is 90.5 Å². The lowest BCUT2D eigenvalue weighted by Crippen LogP contribution is -2.25. The van der Waals surface area contributed by atoms with E-state index in [9.17, 15) is 10.2 Å². The summed E-state index contributed by atoms with van der Waals surface area (Å²) in [7, 11) is 1.84. The molecule has 0 saturated heterocycles. The summed E-state index contributed by atoms with van der Waals surface area (Å²) in [5.74, 6) is 0. The number of hydrogen-bond acceptors (Lipinski definition) is 3. The molecule has 0 radical (unpaired) electrons. The van der Waals surface area contributed by atoms with E-state index < -0.39 is 11.2 Å². The van der Waals surface area contributed by atoms with E-state index in [1.54, 1.807) is 0 Å². The molecule has 2 N–H and O–H groups in total. The second kappa shape index (κ2) is 7.70. The first-order valence-electron chi connectivity index (χ1n) is 11.0. The predicted molar refractivity (Wildman–Crippen MR) is 119 cm³/mol. The average Bonchev–Trinajstić information content (AvgIpc) is 3.34. The second-order valence-electron chi connectivity index (χ2n) is 9.01. The molecule has 0 bridgehead atoms. The van der Waals surface area contributed by atoms with Crippen LogP contribution in [0.1, 0.15) is 84.7 Å². The van der Waals surface area contributed by atoms with Crippen LogP contribution in [0.4, 0.5) is 0 Å². The number of hydrogen-bond donors (Lipinski definition) is 2. The Morgan fingerprint density at radius 2 is 1.10 bits per heavy atom. The maximum absolute atomic E-state index is 11.2. The third-order valence-electron chi connectivity index (χ3n) is 7.27. The van der Waals surface area contributed by atoms with Crippen molar-refractivity contribution in [1.29, 1.82) is 0 Å². The summed E-state index contributed by atoms with van der Waals surface area (Å²) in [6.45, 7) is 4.21. The molecule has 2 fully saturated rings. The van der Waals surface area contributed by atoms with Gasteiger partial charge in [0.05, 0.1) is 16.9 Å². The van der Waals surface area contributed by atoms with Gasteiger partial charge in [-0.05, 0) is 61.8 Å². The molecule has 2 aromatic rings. The van der Waals surface area contributed by atoms with Crippen LogP contribution in [-0.4, -0.2) is 23.0 Å². The molecule has 2 aliphatic carbocycles. The number of aliphatic hydroxyl groups is 2. The molecule has 0 amide bonds. The van der Waals surface area contributed by atoms with Crippen LogP contribution in [0.25, 0.3) is 0 Å². The van der Waals surface area contributed by atoms with Crippen LogP contribution in [0.3, 0.4) is 0 Å². The van der Waals surface area contributed by atoms with Crippen molar-refractivity contribution >= 4 is 5.71 Å². The molecule has 2 saturated carbocycles. The van der Waals surface area contributed by atoms with Gasteiger partial charge in [-0.15, -0.1) is 0 Å². The zero-order valence-corrected chi connectivity index (χ0v) is 18.0. The molecule has 2 aliphatic rings. The largest absolute Gasteiger partial charge is 0.385 e. The van der Waals surface area contributed by atoms with Gasteiger partial charge in [-0.1, -0.05) is 62.1 Å². The van der Waals surface area contributed by atoms with Crippen molar-refractivity contribution in [1.82, 2.24) is 0 Å². The third kappa shape index (κ3) is 3.45. The molecular weight excluding hydrogens is 358 g/mol. The molecule has 3 heteroatoms. The lowest BCUT2D eigenvalue weighted by atomic mass is 9.82. The Labute approximate surface area is 174 Å². The molecule has 0 aliphatic heterocycles. The summed E-state index contributed by atoms with van der Waals surface area (Å²) >= 11 is 0. The lowest BCUT2D eigenvalue weighted by molar-refractivity contribution is 0.0434. The number of benzene rings is 2. The van der Waals surface area contributed by atoms with Crippen molar-refractivity contribution in [2.24, 2.45) is 4.99 Å². The molecule has 154 valence electrons. The lowest BCUT2D eigenvalue weighted by Gasteiger charge is -2.28. The summed E-state index contributed by atoms with van der Waals surface area (Å²) in [6, 6.07) is 12.4. The first-order chi connectivity index (χ1) is 13.9. The molecule has 2 aromatic carbocycles. The fraction of sp³-hybridized carbons (Fsp3) is 0.500. The quantitative estimate of drug-likeness (QED) is 0.696. The van der Waals surface area contributed by atoms with Gasteiger partial charge in [-0.3, -0.25) is 4.99 Å². The highest BCUT2D eigenvalue weighted by Gasteiger charge is 2.36. The Bertz CT molecular complexity index is 858. The van der Waals surface area contributed by atoms with Crippen molar-refractivity contribution in [3.8, 4) is 0 Å². The Morgan fingerprint density at radius 1 is 0.724 bits per heavy atom. The van der Waals surface area contributed by atoms with Gasteiger partial charge in [0, 0.05) is 18.2 Å². The Hall–Kier alpha value is -1.97. The van der Waals surface area contributed by atoms with Crippen LogP contribution in [0.5, 0.6) is 0 Å². The van der Waals surface area contributed by atoms with Gasteiger partial charge in [0.1, 0.15) is 0 Å². The van der Waals surface area contributed by atoms with Gasteiger partial charge < -0.3 is 10.2 Å². The van der Waals surface area contributed by atoms with Gasteiger partial charge in [0.15, 0.2) is 0 Å². The molecule has 3 nitrogen and oxygen atoms in total. The zero-order valence-electron chi connectivity index (χ0n) is 18.0. The molecule has 0 unspecified atom stereocenters. The van der Waals surface area contributed by atoms with E-state index in [2.05, 4.69) is 43.1 Å². The SMILES string of the molecule is CN=C(c1cccc(C2(O)CCCC2)c1C)c1cccc(C2(O)CCCC2)c1C. The smallest absolute Gasteiger partial charge is 0.0899 e. The van der Waals surface area contributed by atoms with Crippen LogP contribution < -0.4 is 0 Å². The highest BCUT2D eigenvalue weighted by molar-refractivity contribution is 6.14. The number of aliphatic imine (C=N–C) groups is 1. The highest BCUT2D eigenvalue weighted by atomic mass is 16.3. The zero-order chi connectivity index (χ0) is 20.6. The molecule has 0 spiro atoms. The standard InChI is InChI=1S/C26H33NO2/c1-18-20(10-8-12-22(18)25(28)14-4-5-15-25)24(27-3)21-11-9-13-23(19(21)2)26(29)16-6-7-17-26/h8-13,28-29H,4-7,14-17H2,1-3H3. The maximum atomic E-state index is 11.2. The van der Waals surface area contributed by atoms with E-state index in [1.807, 2.05) is 19.2 Å². The second-order valence-corrected chi connectivity index (χ2v) is 9.01. The fourth-order valence-electron chi connectivity index (χ4n) is 5.64. The maximum Gasteiger partial charge on any atom is 0.0899 e. The topological polar surface area (TPSA) is 52.8 Å². The summed E-state index contributed by atoms with van der Waals surface area (Å²) in [5, 5.41) is 22.4. The van der Waals surface area contributed by atoms with E-state index >= 15 is 0 Å². The Morgan fingerprint density at radius 3 is 1.45 bits per heavy atom. The summed E-state index contributed by atoms with van der Waals surface area (Å²) in [6.07, 6.45) is 7.64. The van der Waals surface area contributed by atoms with Crippen LogP contribution >= 0.6 is 0 Å². The van der Waals surface area contributed by atoms with Gasteiger partial charge in [-0.25, -0.2) is 0 Å². The van der Waals surface area contributed by atoms with E-state index in [0.29, 0.717) is 0 Å². The molecule has 29 heavy (non-hydrogen) atoms. The van der Waals surface area contributed by atoms with Gasteiger partial charge in [-0.2, -0.15) is 0 Å².